The molecule has 0 saturated carbocycles. The van der Waals surface area contributed by atoms with E-state index in [1.165, 1.54) is 7.22 Å². The molecule has 0 radical (unpaired) electrons. The molecule has 0 amide bonds. The van der Waals surface area contributed by atoms with Crippen LogP contribution in [0.25, 0.3) is 0 Å². The normalized spacial score (nSPS) is 11.6. The van der Waals surface area contributed by atoms with Crippen molar-refractivity contribution in [3.63, 3.8) is 0 Å². The molecule has 0 aromatic heterocycles. The van der Waals surface area contributed by atoms with Crippen LogP contribution in [0.3, 0.4) is 0 Å². The zero-order valence-electron chi connectivity index (χ0n) is 14.9. The van der Waals surface area contributed by atoms with Crippen molar-refractivity contribution in [2.45, 2.75) is 26.6 Å². The van der Waals surface area contributed by atoms with Crippen molar-refractivity contribution in [1.29, 1.82) is 0 Å². The van der Waals surface area contributed by atoms with E-state index >= 15 is 0 Å². The van der Waals surface area contributed by atoms with Gasteiger partial charge in [0.2, 0.25) is 0 Å². The molecule has 0 saturated heterocycles. The summed E-state index contributed by atoms with van der Waals surface area (Å²) >= 11 is -0.424. The molecule has 2 aromatic carbocycles. The Morgan fingerprint density at radius 2 is 1.65 bits per heavy atom. The molecule has 0 aliphatic rings. The minimum absolute atomic E-state index is 0.00953. The van der Waals surface area contributed by atoms with E-state index in [0.717, 1.165) is 0 Å². The van der Waals surface area contributed by atoms with Crippen LogP contribution in [0.1, 0.15) is 30.6 Å². The molecule has 1 atom stereocenters. The molecule has 2 rings (SSSR count). The number of hydrogen-bond donors (Lipinski definition) is 0. The van der Waals surface area contributed by atoms with E-state index < -0.39 is 33.2 Å². The van der Waals surface area contributed by atoms with Gasteiger partial charge in [0.25, 0.3) is 0 Å². The van der Waals surface area contributed by atoms with Crippen molar-refractivity contribution in [1.82, 2.24) is 0 Å². The molecule has 0 heterocycles. The molecule has 2 aromatic rings. The number of hydrogen-bond acceptors (Lipinski definition) is 4. The Kier molecular flexibility index (Phi) is 8.05. The summed E-state index contributed by atoms with van der Waals surface area (Å²) in [5.74, 6) is -0.489. The third-order valence-electron chi connectivity index (χ3n) is 3.46. The van der Waals surface area contributed by atoms with Crippen LogP contribution in [0, 0.1) is 0 Å². The number of ether oxygens (including phenoxy) is 2. The fourth-order valence-electron chi connectivity index (χ4n) is 2.08. The monoisotopic (exact) mass is 468 g/mol. The average Bonchev–Trinajstić information content (AvgIpc) is 2.63. The van der Waals surface area contributed by atoms with Gasteiger partial charge in [-0.1, -0.05) is 6.58 Å². The SMILES string of the molecule is C=C(C)C(=O)OC(C)OCCC(=O)c1ccc([Te]c2ccccc2)cc1. The number of carbonyl (C=O) groups is 2. The fourth-order valence-corrected chi connectivity index (χ4v) is 4.47. The van der Waals surface area contributed by atoms with Crippen LogP contribution in [0.4, 0.5) is 0 Å². The molecule has 0 aliphatic carbocycles. The van der Waals surface area contributed by atoms with Gasteiger partial charge < -0.3 is 0 Å². The van der Waals surface area contributed by atoms with Crippen LogP contribution in [0.2, 0.25) is 0 Å². The first-order valence-electron chi connectivity index (χ1n) is 8.30. The summed E-state index contributed by atoms with van der Waals surface area (Å²) < 4.78 is 13.0. The van der Waals surface area contributed by atoms with Crippen LogP contribution in [0.5, 0.6) is 0 Å². The first-order valence-corrected chi connectivity index (χ1v) is 10.6. The van der Waals surface area contributed by atoms with E-state index in [-0.39, 0.29) is 18.8 Å². The molecule has 0 N–H and O–H groups in total. The van der Waals surface area contributed by atoms with Gasteiger partial charge in [-0.05, 0) is 6.92 Å². The van der Waals surface area contributed by atoms with Gasteiger partial charge in [-0.2, -0.15) is 0 Å². The molecule has 0 spiro atoms. The third kappa shape index (κ3) is 6.76. The van der Waals surface area contributed by atoms with Gasteiger partial charge in [-0.25, -0.2) is 0 Å². The van der Waals surface area contributed by atoms with E-state index in [1.807, 2.05) is 42.5 Å². The third-order valence-corrected chi connectivity index (χ3v) is 6.36. The first-order chi connectivity index (χ1) is 12.5. The molecule has 26 heavy (non-hydrogen) atoms. The van der Waals surface area contributed by atoms with Crippen LogP contribution in [-0.4, -0.2) is 45.6 Å². The summed E-state index contributed by atoms with van der Waals surface area (Å²) in [5.41, 5.74) is 0.986. The van der Waals surface area contributed by atoms with Crippen molar-refractivity contribution in [3.8, 4) is 0 Å². The molecular formula is C21H22O4Te. The molecule has 0 fully saturated rings. The summed E-state index contributed by atoms with van der Waals surface area (Å²) in [7, 11) is 0. The van der Waals surface area contributed by atoms with E-state index in [4.69, 9.17) is 9.47 Å². The Hall–Kier alpha value is -1.93. The van der Waals surface area contributed by atoms with Gasteiger partial charge in [0.05, 0.1) is 0 Å². The van der Waals surface area contributed by atoms with Crippen molar-refractivity contribution in [2.75, 3.05) is 6.61 Å². The second-order valence-electron chi connectivity index (χ2n) is 5.74. The van der Waals surface area contributed by atoms with Gasteiger partial charge in [0.15, 0.2) is 0 Å². The number of Topliss-reactive ketones (excluding diaryl/α,β-unsaturated/α-hetero) is 1. The standard InChI is InChI=1S/C21H22O4Te/c1-15(2)21(23)25-16(3)24-14-13-20(22)17-9-11-19(12-10-17)26-18-7-5-4-6-8-18/h4-12,16H,1,13-14H2,2-3H3. The van der Waals surface area contributed by atoms with Crippen LogP contribution >= 0.6 is 0 Å². The van der Waals surface area contributed by atoms with Crippen molar-refractivity contribution >= 4 is 39.9 Å². The predicted octanol–water partition coefficient (Wildman–Crippen LogP) is 2.40. The number of esters is 1. The van der Waals surface area contributed by atoms with E-state index in [0.29, 0.717) is 11.1 Å². The van der Waals surface area contributed by atoms with Gasteiger partial charge in [0.1, 0.15) is 0 Å². The van der Waals surface area contributed by atoms with E-state index in [9.17, 15) is 9.59 Å². The summed E-state index contributed by atoms with van der Waals surface area (Å²) in [6.07, 6.45) is -0.463. The number of benzene rings is 2. The van der Waals surface area contributed by atoms with Gasteiger partial charge >= 0.3 is 151 Å². The Bertz CT molecular complexity index is 753. The molecular weight excluding hydrogens is 444 g/mol. The van der Waals surface area contributed by atoms with Crippen molar-refractivity contribution in [3.05, 3.63) is 72.3 Å². The zero-order valence-corrected chi connectivity index (χ0v) is 17.3. The Morgan fingerprint density at radius 1 is 1.04 bits per heavy atom. The Balaban J connectivity index is 1.79. The number of rotatable bonds is 9. The topological polar surface area (TPSA) is 52.6 Å². The fraction of sp³-hybridized carbons (Fsp3) is 0.238. The van der Waals surface area contributed by atoms with Crippen molar-refractivity contribution in [2.24, 2.45) is 0 Å². The van der Waals surface area contributed by atoms with E-state index in [2.05, 4.69) is 18.7 Å². The molecule has 5 heteroatoms. The second-order valence-corrected chi connectivity index (χ2v) is 9.01. The summed E-state index contributed by atoms with van der Waals surface area (Å²) in [5, 5.41) is 0. The minimum atomic E-state index is -0.703. The first kappa shape index (κ1) is 20.4. The van der Waals surface area contributed by atoms with Gasteiger partial charge in [0, 0.05) is 0 Å². The van der Waals surface area contributed by atoms with Gasteiger partial charge in [-0.15, -0.1) is 0 Å². The Morgan fingerprint density at radius 3 is 2.27 bits per heavy atom. The molecule has 136 valence electrons. The second kappa shape index (κ2) is 10.3. The van der Waals surface area contributed by atoms with Crippen LogP contribution in [-0.2, 0) is 14.3 Å². The molecule has 0 aliphatic heterocycles. The zero-order chi connectivity index (χ0) is 18.9. The summed E-state index contributed by atoms with van der Waals surface area (Å²) in [4.78, 5) is 23.6. The van der Waals surface area contributed by atoms with Gasteiger partial charge in [-0.3, -0.25) is 0 Å². The van der Waals surface area contributed by atoms with E-state index in [1.54, 1.807) is 13.8 Å². The summed E-state index contributed by atoms with van der Waals surface area (Å²) in [6.45, 7) is 6.90. The maximum absolute atomic E-state index is 12.2. The quantitative estimate of drug-likeness (QED) is 0.188. The van der Waals surface area contributed by atoms with Crippen molar-refractivity contribution < 1.29 is 19.1 Å². The predicted molar refractivity (Wildman–Crippen MR) is 103 cm³/mol. The number of carbonyl (C=O) groups excluding carboxylic acids is 2. The average molecular weight is 466 g/mol. The summed E-state index contributed by atoms with van der Waals surface area (Å²) in [6, 6.07) is 18.2. The van der Waals surface area contributed by atoms with Crippen LogP contribution < -0.4 is 7.22 Å². The maximum atomic E-state index is 12.2. The number of ketones is 1. The van der Waals surface area contributed by atoms with Crippen LogP contribution in [0.15, 0.2) is 66.7 Å². The molecule has 0 bridgehead atoms. The molecule has 4 nitrogen and oxygen atoms in total. The Labute approximate surface area is 164 Å². The molecule has 1 unspecified atom stereocenters.